The Morgan fingerprint density at radius 1 is 1.00 bits per heavy atom. The molecule has 0 heterocycles. The molecule has 1 fully saturated rings. The van der Waals surface area contributed by atoms with Crippen molar-refractivity contribution in [1.82, 2.24) is 5.32 Å². The van der Waals surface area contributed by atoms with Crippen LogP contribution in [-0.2, 0) is 0 Å². The van der Waals surface area contributed by atoms with E-state index >= 15 is 0 Å². The van der Waals surface area contributed by atoms with Gasteiger partial charge in [0.15, 0.2) is 0 Å². The molecule has 0 saturated heterocycles. The summed E-state index contributed by atoms with van der Waals surface area (Å²) in [5, 5.41) is 6.45. The van der Waals surface area contributed by atoms with Gasteiger partial charge in [0.25, 0.3) is 11.8 Å². The molecule has 2 aromatic carbocycles. The van der Waals surface area contributed by atoms with Gasteiger partial charge in [-0.3, -0.25) is 9.59 Å². The van der Waals surface area contributed by atoms with Gasteiger partial charge in [-0.15, -0.1) is 0 Å². The van der Waals surface area contributed by atoms with Crippen molar-refractivity contribution in [2.75, 3.05) is 5.32 Å². The molecule has 0 aliphatic heterocycles. The molecule has 0 spiro atoms. The van der Waals surface area contributed by atoms with Crippen LogP contribution in [0.25, 0.3) is 0 Å². The zero-order valence-electron chi connectivity index (χ0n) is 14.1. The van der Waals surface area contributed by atoms with Crippen LogP contribution in [0.2, 0.25) is 5.02 Å². The Bertz CT molecular complexity index is 798. The van der Waals surface area contributed by atoms with Crippen molar-refractivity contribution in [1.29, 1.82) is 0 Å². The summed E-state index contributed by atoms with van der Waals surface area (Å²) in [7, 11) is 0. The van der Waals surface area contributed by atoms with Crippen LogP contribution in [0.4, 0.5) is 5.69 Å². The van der Waals surface area contributed by atoms with Gasteiger partial charge in [-0.05, 0) is 55.7 Å². The molecule has 2 N–H and O–H groups in total. The predicted molar refractivity (Wildman–Crippen MR) is 100 cm³/mol. The van der Waals surface area contributed by atoms with E-state index in [2.05, 4.69) is 10.6 Å². The molecule has 0 bridgehead atoms. The standard InChI is InChI=1S/C20H21ClN2O2/c1-13-9-10-16(21)12-18(13)23-20(25)15-6-4-5-14(11-15)19(24)22-17-7-2-3-8-17/h4-6,9-12,17H,2-3,7-8H2,1H3,(H,22,24)(H,23,25). The Hall–Kier alpha value is -2.33. The van der Waals surface area contributed by atoms with Crippen LogP contribution in [0, 0.1) is 6.92 Å². The highest BCUT2D eigenvalue weighted by molar-refractivity contribution is 6.31. The molecule has 1 aliphatic rings. The number of anilines is 1. The van der Waals surface area contributed by atoms with Crippen LogP contribution in [0.3, 0.4) is 0 Å². The van der Waals surface area contributed by atoms with Crippen molar-refractivity contribution in [3.63, 3.8) is 0 Å². The topological polar surface area (TPSA) is 58.2 Å². The Labute approximate surface area is 152 Å². The lowest BCUT2D eigenvalue weighted by Crippen LogP contribution is -2.32. The minimum absolute atomic E-state index is 0.125. The molecule has 0 radical (unpaired) electrons. The lowest BCUT2D eigenvalue weighted by atomic mass is 10.1. The highest BCUT2D eigenvalue weighted by Gasteiger charge is 2.18. The second kappa shape index (κ2) is 7.70. The minimum atomic E-state index is -0.263. The maximum absolute atomic E-state index is 12.5. The third-order valence-electron chi connectivity index (χ3n) is 4.53. The van der Waals surface area contributed by atoms with Gasteiger partial charge in [0.1, 0.15) is 0 Å². The van der Waals surface area contributed by atoms with Crippen LogP contribution in [-0.4, -0.2) is 17.9 Å². The maximum Gasteiger partial charge on any atom is 0.255 e. The molecule has 25 heavy (non-hydrogen) atoms. The smallest absolute Gasteiger partial charge is 0.255 e. The number of amides is 2. The van der Waals surface area contributed by atoms with Crippen molar-refractivity contribution in [2.45, 2.75) is 38.6 Å². The Balaban J connectivity index is 1.72. The van der Waals surface area contributed by atoms with E-state index in [-0.39, 0.29) is 17.9 Å². The zero-order chi connectivity index (χ0) is 17.8. The molecule has 1 saturated carbocycles. The number of hydrogen-bond donors (Lipinski definition) is 2. The SMILES string of the molecule is Cc1ccc(Cl)cc1NC(=O)c1cccc(C(=O)NC2CCCC2)c1. The third kappa shape index (κ3) is 4.40. The lowest BCUT2D eigenvalue weighted by molar-refractivity contribution is 0.0938. The number of aryl methyl sites for hydroxylation is 1. The predicted octanol–water partition coefficient (Wildman–Crippen LogP) is 4.57. The van der Waals surface area contributed by atoms with E-state index in [9.17, 15) is 9.59 Å². The lowest BCUT2D eigenvalue weighted by Gasteiger charge is -2.13. The van der Waals surface area contributed by atoms with Gasteiger partial charge in [0.05, 0.1) is 0 Å². The molecule has 0 atom stereocenters. The molecule has 3 rings (SSSR count). The second-order valence-electron chi connectivity index (χ2n) is 6.45. The largest absolute Gasteiger partial charge is 0.349 e. The fourth-order valence-electron chi connectivity index (χ4n) is 3.06. The first-order valence-corrected chi connectivity index (χ1v) is 8.89. The number of halogens is 1. The molecule has 4 nitrogen and oxygen atoms in total. The maximum atomic E-state index is 12.5. The first-order valence-electron chi connectivity index (χ1n) is 8.51. The van der Waals surface area contributed by atoms with Crippen molar-refractivity contribution < 1.29 is 9.59 Å². The molecule has 5 heteroatoms. The summed E-state index contributed by atoms with van der Waals surface area (Å²) in [6, 6.07) is 12.4. The van der Waals surface area contributed by atoms with E-state index in [1.165, 1.54) is 0 Å². The van der Waals surface area contributed by atoms with Crippen LogP contribution >= 0.6 is 11.6 Å². The van der Waals surface area contributed by atoms with Gasteiger partial charge >= 0.3 is 0 Å². The Morgan fingerprint density at radius 3 is 2.40 bits per heavy atom. The highest BCUT2D eigenvalue weighted by atomic mass is 35.5. The molecule has 2 amide bonds. The van der Waals surface area contributed by atoms with Crippen LogP contribution in [0.5, 0.6) is 0 Å². The van der Waals surface area contributed by atoms with Crippen molar-refractivity contribution >= 4 is 29.1 Å². The normalized spacial score (nSPS) is 14.3. The summed E-state index contributed by atoms with van der Waals surface area (Å²) in [5.41, 5.74) is 2.53. The number of nitrogens with one attached hydrogen (secondary N) is 2. The Morgan fingerprint density at radius 2 is 1.68 bits per heavy atom. The quantitative estimate of drug-likeness (QED) is 0.842. The van der Waals surface area contributed by atoms with Gasteiger partial charge in [-0.25, -0.2) is 0 Å². The fraction of sp³-hybridized carbons (Fsp3) is 0.300. The van der Waals surface area contributed by atoms with Crippen molar-refractivity contribution in [2.24, 2.45) is 0 Å². The highest BCUT2D eigenvalue weighted by Crippen LogP contribution is 2.21. The van der Waals surface area contributed by atoms with Crippen molar-refractivity contribution in [3.05, 3.63) is 64.2 Å². The monoisotopic (exact) mass is 356 g/mol. The van der Waals surface area contributed by atoms with Gasteiger partial charge in [-0.2, -0.15) is 0 Å². The van der Waals surface area contributed by atoms with Crippen molar-refractivity contribution in [3.8, 4) is 0 Å². The average molecular weight is 357 g/mol. The summed E-state index contributed by atoms with van der Waals surface area (Å²) in [4.78, 5) is 24.9. The van der Waals surface area contributed by atoms with Crippen LogP contribution < -0.4 is 10.6 Å². The van der Waals surface area contributed by atoms with Gasteiger partial charge in [0, 0.05) is 27.9 Å². The molecule has 0 unspecified atom stereocenters. The third-order valence-corrected chi connectivity index (χ3v) is 4.76. The van der Waals surface area contributed by atoms with Crippen LogP contribution in [0.15, 0.2) is 42.5 Å². The van der Waals surface area contributed by atoms with Gasteiger partial charge in [0.2, 0.25) is 0 Å². The van der Waals surface area contributed by atoms with E-state index in [4.69, 9.17) is 11.6 Å². The van der Waals surface area contributed by atoms with E-state index in [0.29, 0.717) is 21.8 Å². The summed E-state index contributed by atoms with van der Waals surface area (Å²) >= 11 is 5.99. The molecule has 2 aromatic rings. The summed E-state index contributed by atoms with van der Waals surface area (Å²) < 4.78 is 0. The molecule has 0 aromatic heterocycles. The first-order chi connectivity index (χ1) is 12.0. The van der Waals surface area contributed by atoms with E-state index in [1.807, 2.05) is 13.0 Å². The van der Waals surface area contributed by atoms with Gasteiger partial charge < -0.3 is 10.6 Å². The number of benzene rings is 2. The average Bonchev–Trinajstić information content (AvgIpc) is 3.11. The summed E-state index contributed by atoms with van der Waals surface area (Å²) in [6.45, 7) is 1.90. The molecule has 1 aliphatic carbocycles. The first kappa shape index (κ1) is 17.5. The molecular weight excluding hydrogens is 336 g/mol. The number of carbonyl (C=O) groups is 2. The zero-order valence-corrected chi connectivity index (χ0v) is 14.9. The van der Waals surface area contributed by atoms with E-state index < -0.39 is 0 Å². The minimum Gasteiger partial charge on any atom is -0.349 e. The van der Waals surface area contributed by atoms with E-state index in [1.54, 1.807) is 36.4 Å². The number of carbonyl (C=O) groups excluding carboxylic acids is 2. The molecule has 130 valence electrons. The number of hydrogen-bond acceptors (Lipinski definition) is 2. The number of rotatable bonds is 4. The van der Waals surface area contributed by atoms with Crippen LogP contribution in [0.1, 0.15) is 52.0 Å². The Kier molecular flexibility index (Phi) is 5.39. The second-order valence-corrected chi connectivity index (χ2v) is 6.89. The summed E-state index contributed by atoms with van der Waals surface area (Å²) in [5.74, 6) is -0.388. The van der Waals surface area contributed by atoms with E-state index in [0.717, 1.165) is 31.2 Å². The fourth-order valence-corrected chi connectivity index (χ4v) is 3.24. The summed E-state index contributed by atoms with van der Waals surface area (Å²) in [6.07, 6.45) is 4.37. The van der Waals surface area contributed by atoms with Gasteiger partial charge in [-0.1, -0.05) is 36.6 Å². The molecular formula is C20H21ClN2O2.